The molecule has 1 atom stereocenters. The van der Waals surface area contributed by atoms with Crippen LogP contribution in [0, 0.1) is 0 Å². The van der Waals surface area contributed by atoms with Gasteiger partial charge in [-0.3, -0.25) is 9.59 Å². The molecule has 0 radical (unpaired) electrons. The zero-order valence-electron chi connectivity index (χ0n) is 11.8. The van der Waals surface area contributed by atoms with Gasteiger partial charge in [-0.1, -0.05) is 0 Å². The fraction of sp³-hybridized carbons (Fsp3) is 0.400. The van der Waals surface area contributed by atoms with Crippen LogP contribution in [0.15, 0.2) is 39.7 Å². The number of hydrogen-bond acceptors (Lipinski definition) is 4. The first-order valence-electron chi connectivity index (χ1n) is 7.05. The molecule has 1 aliphatic carbocycles. The lowest BCUT2D eigenvalue weighted by molar-refractivity contribution is -0.124. The Hall–Kier alpha value is -2.37. The lowest BCUT2D eigenvalue weighted by atomic mass is 10.2. The Kier molecular flexibility index (Phi) is 3.60. The number of carbonyl (C=O) groups is 1. The van der Waals surface area contributed by atoms with E-state index in [0.717, 1.165) is 18.5 Å². The third-order valence-electron chi connectivity index (χ3n) is 3.60. The third kappa shape index (κ3) is 3.04. The number of amides is 1. The Morgan fingerprint density at radius 3 is 2.95 bits per heavy atom. The lowest BCUT2D eigenvalue weighted by Crippen LogP contribution is -2.36. The van der Waals surface area contributed by atoms with Crippen LogP contribution in [-0.4, -0.2) is 15.7 Å². The Balaban J connectivity index is 1.71. The van der Waals surface area contributed by atoms with E-state index in [0.29, 0.717) is 18.2 Å². The highest BCUT2D eigenvalue weighted by atomic mass is 16.3. The van der Waals surface area contributed by atoms with Crippen molar-refractivity contribution in [1.29, 1.82) is 0 Å². The predicted octanol–water partition coefficient (Wildman–Crippen LogP) is 1.59. The minimum absolute atomic E-state index is 0.256. The maximum Gasteiger partial charge on any atom is 0.267 e. The van der Waals surface area contributed by atoms with E-state index < -0.39 is 6.04 Å². The minimum Gasteiger partial charge on any atom is -0.467 e. The molecule has 0 saturated heterocycles. The van der Waals surface area contributed by atoms with Crippen molar-refractivity contribution in [3.63, 3.8) is 0 Å². The average Bonchev–Trinajstić information content (AvgIpc) is 3.21. The molecule has 1 fully saturated rings. The summed E-state index contributed by atoms with van der Waals surface area (Å²) >= 11 is 0. The summed E-state index contributed by atoms with van der Waals surface area (Å²) in [6.45, 7) is 1.97. The van der Waals surface area contributed by atoms with E-state index in [1.807, 2.05) is 0 Å². The van der Waals surface area contributed by atoms with Crippen LogP contribution in [-0.2, 0) is 11.3 Å². The number of hydrogen-bond donors (Lipinski definition) is 1. The van der Waals surface area contributed by atoms with Gasteiger partial charge in [-0.2, -0.15) is 5.10 Å². The fourth-order valence-corrected chi connectivity index (χ4v) is 2.16. The highest BCUT2D eigenvalue weighted by Crippen LogP contribution is 2.38. The molecule has 0 aliphatic heterocycles. The van der Waals surface area contributed by atoms with E-state index >= 15 is 0 Å². The SMILES string of the molecule is C[C@@H](C(=O)NCc1ccco1)n1nc(C2CC2)ccc1=O. The standard InChI is InChI=1S/C15H17N3O3/c1-10(15(20)16-9-12-3-2-8-21-12)18-14(19)7-6-13(17-18)11-4-5-11/h2-3,6-8,10-11H,4-5,9H2,1H3,(H,16,20)/t10-/m0/s1. The monoisotopic (exact) mass is 287 g/mol. The lowest BCUT2D eigenvalue weighted by Gasteiger charge is -2.14. The van der Waals surface area contributed by atoms with E-state index in [2.05, 4.69) is 10.4 Å². The van der Waals surface area contributed by atoms with Gasteiger partial charge in [0.1, 0.15) is 11.8 Å². The molecule has 0 spiro atoms. The average molecular weight is 287 g/mol. The molecule has 0 bridgehead atoms. The molecule has 1 amide bonds. The van der Waals surface area contributed by atoms with Crippen LogP contribution in [0.4, 0.5) is 0 Å². The Morgan fingerprint density at radius 2 is 2.29 bits per heavy atom. The van der Waals surface area contributed by atoms with Crippen molar-refractivity contribution in [2.24, 2.45) is 0 Å². The summed E-state index contributed by atoms with van der Waals surface area (Å²) in [5.74, 6) is 0.853. The Labute approximate surface area is 121 Å². The van der Waals surface area contributed by atoms with Crippen molar-refractivity contribution in [1.82, 2.24) is 15.1 Å². The number of aromatic nitrogens is 2. The molecule has 2 aromatic rings. The van der Waals surface area contributed by atoms with Crippen LogP contribution in [0.5, 0.6) is 0 Å². The second kappa shape index (κ2) is 5.55. The number of nitrogens with zero attached hydrogens (tertiary/aromatic N) is 2. The van der Waals surface area contributed by atoms with Crippen molar-refractivity contribution in [2.75, 3.05) is 0 Å². The Bertz CT molecular complexity index is 686. The zero-order chi connectivity index (χ0) is 14.8. The van der Waals surface area contributed by atoms with Crippen molar-refractivity contribution >= 4 is 5.91 Å². The van der Waals surface area contributed by atoms with E-state index in [1.165, 1.54) is 10.7 Å². The number of furan rings is 1. The first kappa shape index (κ1) is 13.6. The molecule has 1 N–H and O–H groups in total. The van der Waals surface area contributed by atoms with Crippen LogP contribution >= 0.6 is 0 Å². The largest absolute Gasteiger partial charge is 0.467 e. The summed E-state index contributed by atoms with van der Waals surface area (Å²) in [5.41, 5.74) is 0.625. The predicted molar refractivity (Wildman–Crippen MR) is 75.7 cm³/mol. The van der Waals surface area contributed by atoms with Crippen LogP contribution < -0.4 is 10.9 Å². The van der Waals surface area contributed by atoms with Gasteiger partial charge >= 0.3 is 0 Å². The second-order valence-electron chi connectivity index (χ2n) is 5.29. The van der Waals surface area contributed by atoms with Crippen LogP contribution in [0.25, 0.3) is 0 Å². The normalized spacial score (nSPS) is 15.7. The number of nitrogens with one attached hydrogen (secondary N) is 1. The summed E-state index contributed by atoms with van der Waals surface area (Å²) in [6, 6.07) is 6.13. The number of rotatable bonds is 5. The molecule has 2 aromatic heterocycles. The highest BCUT2D eigenvalue weighted by Gasteiger charge is 2.27. The topological polar surface area (TPSA) is 77.1 Å². The van der Waals surface area contributed by atoms with Crippen molar-refractivity contribution in [3.8, 4) is 0 Å². The highest BCUT2D eigenvalue weighted by molar-refractivity contribution is 5.79. The summed E-state index contributed by atoms with van der Waals surface area (Å²) in [4.78, 5) is 24.0. The summed E-state index contributed by atoms with van der Waals surface area (Å²) in [5, 5.41) is 7.06. The van der Waals surface area contributed by atoms with Gasteiger partial charge in [0.2, 0.25) is 5.91 Å². The summed E-state index contributed by atoms with van der Waals surface area (Å²) < 4.78 is 6.41. The van der Waals surface area contributed by atoms with E-state index in [-0.39, 0.29) is 11.5 Å². The first-order valence-corrected chi connectivity index (χ1v) is 7.05. The van der Waals surface area contributed by atoms with E-state index in [9.17, 15) is 9.59 Å². The molecular formula is C15H17N3O3. The van der Waals surface area contributed by atoms with Crippen LogP contribution in [0.1, 0.15) is 43.2 Å². The second-order valence-corrected chi connectivity index (χ2v) is 5.29. The van der Waals surface area contributed by atoms with Crippen molar-refractivity contribution in [2.45, 2.75) is 38.3 Å². The minimum atomic E-state index is -0.647. The molecular weight excluding hydrogens is 270 g/mol. The third-order valence-corrected chi connectivity index (χ3v) is 3.60. The van der Waals surface area contributed by atoms with Gasteiger partial charge in [0.25, 0.3) is 5.56 Å². The molecule has 110 valence electrons. The van der Waals surface area contributed by atoms with Crippen molar-refractivity contribution < 1.29 is 9.21 Å². The van der Waals surface area contributed by atoms with Gasteiger partial charge in [-0.25, -0.2) is 4.68 Å². The molecule has 6 nitrogen and oxygen atoms in total. The molecule has 0 aromatic carbocycles. The summed E-state index contributed by atoms with van der Waals surface area (Å²) in [7, 11) is 0. The van der Waals surface area contributed by atoms with Gasteiger partial charge in [0.15, 0.2) is 0 Å². The molecule has 0 unspecified atom stereocenters. The van der Waals surface area contributed by atoms with Gasteiger partial charge in [0, 0.05) is 12.0 Å². The molecule has 3 rings (SSSR count). The molecule has 21 heavy (non-hydrogen) atoms. The van der Waals surface area contributed by atoms with Gasteiger partial charge in [0.05, 0.1) is 18.5 Å². The van der Waals surface area contributed by atoms with Gasteiger partial charge in [-0.05, 0) is 38.0 Å². The number of carbonyl (C=O) groups excluding carboxylic acids is 1. The maximum absolute atomic E-state index is 12.1. The van der Waals surface area contributed by atoms with E-state index in [4.69, 9.17) is 4.42 Å². The molecule has 6 heteroatoms. The molecule has 1 aliphatic rings. The fourth-order valence-electron chi connectivity index (χ4n) is 2.16. The van der Waals surface area contributed by atoms with Gasteiger partial charge < -0.3 is 9.73 Å². The zero-order valence-corrected chi connectivity index (χ0v) is 11.8. The van der Waals surface area contributed by atoms with Crippen LogP contribution in [0.3, 0.4) is 0 Å². The quantitative estimate of drug-likeness (QED) is 0.906. The first-order chi connectivity index (χ1) is 10.1. The van der Waals surface area contributed by atoms with Gasteiger partial charge in [-0.15, -0.1) is 0 Å². The van der Waals surface area contributed by atoms with Crippen molar-refractivity contribution in [3.05, 3.63) is 52.3 Å². The molecule has 2 heterocycles. The maximum atomic E-state index is 12.1. The van der Waals surface area contributed by atoms with Crippen LogP contribution in [0.2, 0.25) is 0 Å². The molecule has 1 saturated carbocycles. The Morgan fingerprint density at radius 1 is 1.48 bits per heavy atom. The summed E-state index contributed by atoms with van der Waals surface area (Å²) in [6.07, 6.45) is 3.75. The smallest absolute Gasteiger partial charge is 0.267 e. The van der Waals surface area contributed by atoms with E-state index in [1.54, 1.807) is 31.4 Å².